The number of aliphatic hydroxyl groups is 1. The van der Waals surface area contributed by atoms with Crippen LogP contribution in [0.2, 0.25) is 5.02 Å². The van der Waals surface area contributed by atoms with Crippen molar-refractivity contribution in [3.63, 3.8) is 0 Å². The van der Waals surface area contributed by atoms with Gasteiger partial charge in [0.15, 0.2) is 0 Å². The van der Waals surface area contributed by atoms with Gasteiger partial charge in [-0.15, -0.1) is 0 Å². The van der Waals surface area contributed by atoms with E-state index in [4.69, 9.17) is 16.7 Å². The van der Waals surface area contributed by atoms with Gasteiger partial charge in [-0.3, -0.25) is 4.79 Å². The van der Waals surface area contributed by atoms with Crippen molar-refractivity contribution in [2.75, 3.05) is 37.7 Å². The lowest BCUT2D eigenvalue weighted by atomic mass is 10.2. The summed E-state index contributed by atoms with van der Waals surface area (Å²) in [6.07, 6.45) is 2.02. The Morgan fingerprint density at radius 3 is 2.35 bits per heavy atom. The lowest BCUT2D eigenvalue weighted by molar-refractivity contribution is -0.131. The molecule has 1 amide bonds. The standard InChI is InChI=1S/C15H21ClN2O2/c16-13-4-6-14(7-5-13)17-8-10-18(11-9-17)15(20)3-1-2-12-19/h4-7,19H,1-3,8-12H2. The van der Waals surface area contributed by atoms with Crippen LogP contribution in [0.1, 0.15) is 19.3 Å². The number of hydrogen-bond donors (Lipinski definition) is 1. The molecule has 0 atom stereocenters. The summed E-state index contributed by atoms with van der Waals surface area (Å²) >= 11 is 5.89. The molecule has 1 heterocycles. The van der Waals surface area contributed by atoms with Crippen molar-refractivity contribution in [3.8, 4) is 0 Å². The zero-order valence-corrected chi connectivity index (χ0v) is 12.4. The number of amides is 1. The molecule has 1 fully saturated rings. The predicted molar refractivity (Wildman–Crippen MR) is 81.2 cm³/mol. The molecule has 20 heavy (non-hydrogen) atoms. The normalized spacial score (nSPS) is 15.5. The Bertz CT molecular complexity index is 428. The minimum absolute atomic E-state index is 0.164. The van der Waals surface area contributed by atoms with Crippen molar-refractivity contribution in [2.45, 2.75) is 19.3 Å². The average Bonchev–Trinajstić information content (AvgIpc) is 2.48. The Labute approximate surface area is 124 Å². The second-order valence-corrected chi connectivity index (χ2v) is 5.46. The summed E-state index contributed by atoms with van der Waals surface area (Å²) in [6, 6.07) is 7.81. The van der Waals surface area contributed by atoms with Crippen LogP contribution in [-0.2, 0) is 4.79 Å². The molecule has 1 N–H and O–H groups in total. The molecule has 4 nitrogen and oxygen atoms in total. The molecule has 110 valence electrons. The van der Waals surface area contributed by atoms with E-state index in [1.165, 1.54) is 0 Å². The third-order valence-electron chi connectivity index (χ3n) is 3.62. The number of rotatable bonds is 5. The van der Waals surface area contributed by atoms with Crippen LogP contribution in [0, 0.1) is 0 Å². The number of carbonyl (C=O) groups excluding carboxylic acids is 1. The molecule has 1 saturated heterocycles. The maximum atomic E-state index is 12.0. The number of anilines is 1. The fourth-order valence-electron chi connectivity index (χ4n) is 2.41. The predicted octanol–water partition coefficient (Wildman–Crippen LogP) is 2.15. The number of carbonyl (C=O) groups is 1. The first-order valence-electron chi connectivity index (χ1n) is 7.10. The number of halogens is 1. The van der Waals surface area contributed by atoms with E-state index in [2.05, 4.69) is 4.90 Å². The van der Waals surface area contributed by atoms with E-state index in [1.54, 1.807) is 0 Å². The monoisotopic (exact) mass is 296 g/mol. The molecule has 0 saturated carbocycles. The van der Waals surface area contributed by atoms with Gasteiger partial charge < -0.3 is 14.9 Å². The average molecular weight is 297 g/mol. The molecule has 0 unspecified atom stereocenters. The Morgan fingerprint density at radius 2 is 1.75 bits per heavy atom. The van der Waals surface area contributed by atoms with Crippen molar-refractivity contribution >= 4 is 23.2 Å². The summed E-state index contributed by atoms with van der Waals surface area (Å²) in [5, 5.41) is 9.47. The van der Waals surface area contributed by atoms with E-state index in [1.807, 2.05) is 29.2 Å². The van der Waals surface area contributed by atoms with Gasteiger partial charge in [-0.1, -0.05) is 11.6 Å². The molecule has 1 aromatic rings. The van der Waals surface area contributed by atoms with Gasteiger partial charge in [-0.05, 0) is 37.1 Å². The smallest absolute Gasteiger partial charge is 0.222 e. The number of unbranched alkanes of at least 4 members (excludes halogenated alkanes) is 1. The summed E-state index contributed by atoms with van der Waals surface area (Å²) in [5.41, 5.74) is 1.15. The molecule has 5 heteroatoms. The van der Waals surface area contributed by atoms with Crippen LogP contribution in [-0.4, -0.2) is 48.7 Å². The van der Waals surface area contributed by atoms with E-state index in [0.717, 1.165) is 43.3 Å². The highest BCUT2D eigenvalue weighted by Crippen LogP contribution is 2.19. The van der Waals surface area contributed by atoms with Gasteiger partial charge in [0.25, 0.3) is 0 Å². The molecule has 1 aromatic carbocycles. The molecule has 0 bridgehead atoms. The molecule has 0 spiro atoms. The second-order valence-electron chi connectivity index (χ2n) is 5.02. The minimum atomic E-state index is 0.164. The van der Waals surface area contributed by atoms with Gasteiger partial charge in [0.05, 0.1) is 0 Å². The zero-order valence-electron chi connectivity index (χ0n) is 11.6. The highest BCUT2D eigenvalue weighted by molar-refractivity contribution is 6.30. The van der Waals surface area contributed by atoms with Crippen molar-refractivity contribution < 1.29 is 9.90 Å². The van der Waals surface area contributed by atoms with Crippen LogP contribution in [0.15, 0.2) is 24.3 Å². The largest absolute Gasteiger partial charge is 0.396 e. The fourth-order valence-corrected chi connectivity index (χ4v) is 2.54. The lowest BCUT2D eigenvalue weighted by Gasteiger charge is -2.36. The summed E-state index contributed by atoms with van der Waals surface area (Å²) in [6.45, 7) is 3.40. The van der Waals surface area contributed by atoms with Gasteiger partial charge in [0.2, 0.25) is 5.91 Å². The highest BCUT2D eigenvalue weighted by Gasteiger charge is 2.20. The van der Waals surface area contributed by atoms with Crippen LogP contribution >= 0.6 is 11.6 Å². The van der Waals surface area contributed by atoms with Gasteiger partial charge in [0.1, 0.15) is 0 Å². The van der Waals surface area contributed by atoms with Crippen LogP contribution in [0.5, 0.6) is 0 Å². The van der Waals surface area contributed by atoms with Crippen LogP contribution in [0.3, 0.4) is 0 Å². The van der Waals surface area contributed by atoms with E-state index in [9.17, 15) is 4.79 Å². The fraction of sp³-hybridized carbons (Fsp3) is 0.533. The first-order chi connectivity index (χ1) is 9.70. The van der Waals surface area contributed by atoms with Crippen molar-refractivity contribution in [1.29, 1.82) is 0 Å². The lowest BCUT2D eigenvalue weighted by Crippen LogP contribution is -2.48. The number of piperazine rings is 1. The van der Waals surface area contributed by atoms with E-state index in [-0.39, 0.29) is 12.5 Å². The van der Waals surface area contributed by atoms with Gasteiger partial charge >= 0.3 is 0 Å². The molecule has 0 aliphatic carbocycles. The third kappa shape index (κ3) is 4.12. The SMILES string of the molecule is O=C(CCCCO)N1CCN(c2ccc(Cl)cc2)CC1. The van der Waals surface area contributed by atoms with Crippen LogP contribution in [0.4, 0.5) is 5.69 Å². The molecular weight excluding hydrogens is 276 g/mol. The van der Waals surface area contributed by atoms with E-state index in [0.29, 0.717) is 12.8 Å². The van der Waals surface area contributed by atoms with Gasteiger partial charge in [-0.25, -0.2) is 0 Å². The van der Waals surface area contributed by atoms with E-state index < -0.39 is 0 Å². The van der Waals surface area contributed by atoms with Crippen molar-refractivity contribution in [2.24, 2.45) is 0 Å². The molecular formula is C15H21ClN2O2. The summed E-state index contributed by atoms with van der Waals surface area (Å²) in [7, 11) is 0. The number of benzene rings is 1. The Kier molecular flexibility index (Phi) is 5.68. The zero-order chi connectivity index (χ0) is 14.4. The molecule has 1 aliphatic heterocycles. The quantitative estimate of drug-likeness (QED) is 0.847. The van der Waals surface area contributed by atoms with Crippen molar-refractivity contribution in [3.05, 3.63) is 29.3 Å². The first-order valence-corrected chi connectivity index (χ1v) is 7.47. The summed E-state index contributed by atoms with van der Waals surface area (Å²) in [5.74, 6) is 0.203. The number of nitrogens with zero attached hydrogens (tertiary/aromatic N) is 2. The maximum Gasteiger partial charge on any atom is 0.222 e. The van der Waals surface area contributed by atoms with Crippen LogP contribution in [0.25, 0.3) is 0 Å². The number of aliphatic hydroxyl groups excluding tert-OH is 1. The van der Waals surface area contributed by atoms with Gasteiger partial charge in [-0.2, -0.15) is 0 Å². The minimum Gasteiger partial charge on any atom is -0.396 e. The Balaban J connectivity index is 1.80. The molecule has 0 radical (unpaired) electrons. The molecule has 0 aromatic heterocycles. The van der Waals surface area contributed by atoms with Crippen LogP contribution < -0.4 is 4.90 Å². The second kappa shape index (κ2) is 7.50. The first kappa shape index (κ1) is 15.1. The number of hydrogen-bond acceptors (Lipinski definition) is 3. The summed E-state index contributed by atoms with van der Waals surface area (Å²) in [4.78, 5) is 16.2. The third-order valence-corrected chi connectivity index (χ3v) is 3.87. The summed E-state index contributed by atoms with van der Waals surface area (Å²) < 4.78 is 0. The molecule has 1 aliphatic rings. The van der Waals surface area contributed by atoms with E-state index >= 15 is 0 Å². The highest BCUT2D eigenvalue weighted by atomic mass is 35.5. The Hall–Kier alpha value is -1.26. The van der Waals surface area contributed by atoms with Crippen molar-refractivity contribution in [1.82, 2.24) is 4.90 Å². The molecule has 2 rings (SSSR count). The maximum absolute atomic E-state index is 12.0. The van der Waals surface area contributed by atoms with Gasteiger partial charge in [0, 0.05) is 49.9 Å². The Morgan fingerprint density at radius 1 is 1.10 bits per heavy atom. The topological polar surface area (TPSA) is 43.8 Å².